The van der Waals surface area contributed by atoms with Crippen molar-refractivity contribution in [1.29, 1.82) is 0 Å². The Labute approximate surface area is 99.2 Å². The zero-order valence-electron chi connectivity index (χ0n) is 9.01. The van der Waals surface area contributed by atoms with E-state index >= 15 is 0 Å². The Kier molecular flexibility index (Phi) is 2.59. The largest absolute Gasteiger partial charge is 0.265 e. The van der Waals surface area contributed by atoms with Crippen LogP contribution in [0.4, 0.5) is 0 Å². The molecule has 0 saturated heterocycles. The van der Waals surface area contributed by atoms with Gasteiger partial charge in [-0.3, -0.25) is 4.68 Å². The minimum atomic E-state index is 0.697. The highest BCUT2D eigenvalue weighted by atomic mass is 79.9. The smallest absolute Gasteiger partial charge is 0.131 e. The molecule has 0 atom stereocenters. The van der Waals surface area contributed by atoms with E-state index in [2.05, 4.69) is 20.6 Å². The number of rotatable bonds is 1. The van der Waals surface area contributed by atoms with Gasteiger partial charge < -0.3 is 0 Å². The molecule has 0 N–H and O–H groups in total. The van der Waals surface area contributed by atoms with Gasteiger partial charge in [-0.05, 0) is 54.5 Å². The summed E-state index contributed by atoms with van der Waals surface area (Å²) in [6.07, 6.45) is 10.6. The summed E-state index contributed by atoms with van der Waals surface area (Å²) in [4.78, 5) is 0. The quantitative estimate of drug-likeness (QED) is 0.761. The highest BCUT2D eigenvalue weighted by Crippen LogP contribution is 2.35. The molecular weight excluding hydrogens is 252 g/mol. The monoisotopic (exact) mass is 268 g/mol. The summed E-state index contributed by atoms with van der Waals surface area (Å²) in [5, 5.41) is 4.71. The van der Waals surface area contributed by atoms with Crippen molar-refractivity contribution < 1.29 is 0 Å². The molecule has 1 saturated carbocycles. The third kappa shape index (κ3) is 1.65. The fourth-order valence-corrected chi connectivity index (χ4v) is 3.63. The second-order valence-corrected chi connectivity index (χ2v) is 5.56. The molecule has 2 nitrogen and oxygen atoms in total. The lowest BCUT2D eigenvalue weighted by atomic mass is 9.98. The Hall–Kier alpha value is -0.310. The molecule has 0 bridgehead atoms. The van der Waals surface area contributed by atoms with E-state index in [0.29, 0.717) is 6.04 Å². The first-order chi connectivity index (χ1) is 7.36. The SMILES string of the molecule is Brc1nn(C2CCCC2)c2c1CCCC2. The van der Waals surface area contributed by atoms with E-state index < -0.39 is 0 Å². The van der Waals surface area contributed by atoms with Crippen LogP contribution in [0.5, 0.6) is 0 Å². The number of fused-ring (bicyclic) bond motifs is 1. The van der Waals surface area contributed by atoms with Crippen LogP contribution in [0.1, 0.15) is 55.8 Å². The molecule has 2 aliphatic carbocycles. The van der Waals surface area contributed by atoms with E-state index in [1.54, 1.807) is 0 Å². The van der Waals surface area contributed by atoms with Crippen LogP contribution in [0.2, 0.25) is 0 Å². The van der Waals surface area contributed by atoms with Crippen molar-refractivity contribution in [3.63, 3.8) is 0 Å². The van der Waals surface area contributed by atoms with Crippen LogP contribution in [0, 0.1) is 0 Å². The van der Waals surface area contributed by atoms with Gasteiger partial charge >= 0.3 is 0 Å². The predicted molar refractivity (Wildman–Crippen MR) is 64.1 cm³/mol. The van der Waals surface area contributed by atoms with Crippen molar-refractivity contribution in [1.82, 2.24) is 9.78 Å². The highest BCUT2D eigenvalue weighted by molar-refractivity contribution is 9.10. The van der Waals surface area contributed by atoms with Crippen LogP contribution in [0.3, 0.4) is 0 Å². The van der Waals surface area contributed by atoms with Crippen LogP contribution >= 0.6 is 15.9 Å². The van der Waals surface area contributed by atoms with Gasteiger partial charge in [0, 0.05) is 11.3 Å². The van der Waals surface area contributed by atoms with Crippen molar-refractivity contribution in [3.05, 3.63) is 15.9 Å². The summed E-state index contributed by atoms with van der Waals surface area (Å²) >= 11 is 3.62. The molecular formula is C12H17BrN2. The number of hydrogen-bond donors (Lipinski definition) is 0. The lowest BCUT2D eigenvalue weighted by Gasteiger charge is -2.17. The van der Waals surface area contributed by atoms with Gasteiger partial charge in [0.25, 0.3) is 0 Å². The molecule has 0 spiro atoms. The molecule has 1 fully saturated rings. The average molecular weight is 269 g/mol. The molecule has 0 radical (unpaired) electrons. The molecule has 0 aliphatic heterocycles. The first kappa shape index (κ1) is 9.88. The Morgan fingerprint density at radius 3 is 2.60 bits per heavy atom. The summed E-state index contributed by atoms with van der Waals surface area (Å²) in [6, 6.07) is 0.697. The zero-order valence-corrected chi connectivity index (χ0v) is 10.6. The number of hydrogen-bond acceptors (Lipinski definition) is 1. The van der Waals surface area contributed by atoms with Crippen molar-refractivity contribution in [2.45, 2.75) is 57.4 Å². The number of nitrogens with zero attached hydrogens (tertiary/aromatic N) is 2. The first-order valence-electron chi connectivity index (χ1n) is 6.12. The third-order valence-corrected chi connectivity index (χ3v) is 4.47. The van der Waals surface area contributed by atoms with E-state index in [9.17, 15) is 0 Å². The maximum atomic E-state index is 4.71. The lowest BCUT2D eigenvalue weighted by molar-refractivity contribution is 0.440. The molecule has 0 aromatic carbocycles. The molecule has 3 heteroatoms. The van der Waals surface area contributed by atoms with Gasteiger partial charge in [0.15, 0.2) is 0 Å². The van der Waals surface area contributed by atoms with Gasteiger partial charge in [-0.1, -0.05) is 12.8 Å². The fraction of sp³-hybridized carbons (Fsp3) is 0.750. The Bertz CT molecular complexity index is 364. The zero-order chi connectivity index (χ0) is 10.3. The number of aromatic nitrogens is 2. The van der Waals surface area contributed by atoms with Gasteiger partial charge in [0.2, 0.25) is 0 Å². The summed E-state index contributed by atoms with van der Waals surface area (Å²) in [5.41, 5.74) is 3.02. The topological polar surface area (TPSA) is 17.8 Å². The predicted octanol–water partition coefficient (Wildman–Crippen LogP) is 3.64. The van der Waals surface area contributed by atoms with Crippen LogP contribution in [-0.2, 0) is 12.8 Å². The van der Waals surface area contributed by atoms with Crippen LogP contribution in [0.15, 0.2) is 4.60 Å². The summed E-state index contributed by atoms with van der Waals surface area (Å²) in [7, 11) is 0. The normalized spacial score (nSPS) is 21.9. The second-order valence-electron chi connectivity index (χ2n) is 4.81. The fourth-order valence-electron chi connectivity index (χ4n) is 3.03. The maximum Gasteiger partial charge on any atom is 0.131 e. The van der Waals surface area contributed by atoms with E-state index in [1.165, 1.54) is 62.6 Å². The molecule has 0 amide bonds. The van der Waals surface area contributed by atoms with Crippen molar-refractivity contribution in [3.8, 4) is 0 Å². The Balaban J connectivity index is 1.99. The molecule has 3 rings (SSSR count). The van der Waals surface area contributed by atoms with Crippen LogP contribution in [-0.4, -0.2) is 9.78 Å². The minimum absolute atomic E-state index is 0.697. The van der Waals surface area contributed by atoms with Gasteiger partial charge in [-0.2, -0.15) is 5.10 Å². The van der Waals surface area contributed by atoms with Crippen LogP contribution < -0.4 is 0 Å². The Morgan fingerprint density at radius 2 is 1.80 bits per heavy atom. The van der Waals surface area contributed by atoms with E-state index in [1.807, 2.05) is 0 Å². The molecule has 1 aromatic rings. The third-order valence-electron chi connectivity index (χ3n) is 3.83. The molecule has 1 heterocycles. The van der Waals surface area contributed by atoms with Crippen molar-refractivity contribution >= 4 is 15.9 Å². The Morgan fingerprint density at radius 1 is 1.07 bits per heavy atom. The van der Waals surface area contributed by atoms with E-state index in [0.717, 1.165) is 4.60 Å². The van der Waals surface area contributed by atoms with E-state index in [4.69, 9.17) is 5.10 Å². The molecule has 0 unspecified atom stereocenters. The molecule has 2 aliphatic rings. The molecule has 1 aromatic heterocycles. The molecule has 82 valence electrons. The maximum absolute atomic E-state index is 4.71. The van der Waals surface area contributed by atoms with Gasteiger partial charge in [-0.15, -0.1) is 0 Å². The van der Waals surface area contributed by atoms with Crippen molar-refractivity contribution in [2.75, 3.05) is 0 Å². The standard InChI is InChI=1S/C12H17BrN2/c13-12-10-7-3-4-8-11(10)15(14-12)9-5-1-2-6-9/h9H,1-8H2. The molecule has 15 heavy (non-hydrogen) atoms. The lowest BCUT2D eigenvalue weighted by Crippen LogP contribution is -2.13. The van der Waals surface area contributed by atoms with Crippen LogP contribution in [0.25, 0.3) is 0 Å². The highest BCUT2D eigenvalue weighted by Gasteiger charge is 2.25. The van der Waals surface area contributed by atoms with Gasteiger partial charge in [0.05, 0.1) is 6.04 Å². The average Bonchev–Trinajstić information content (AvgIpc) is 2.87. The first-order valence-corrected chi connectivity index (χ1v) is 6.91. The van der Waals surface area contributed by atoms with Gasteiger partial charge in [0.1, 0.15) is 4.60 Å². The second kappa shape index (κ2) is 3.93. The number of halogens is 1. The summed E-state index contributed by atoms with van der Waals surface area (Å²) in [5.74, 6) is 0. The van der Waals surface area contributed by atoms with Crippen molar-refractivity contribution in [2.24, 2.45) is 0 Å². The minimum Gasteiger partial charge on any atom is -0.265 e. The van der Waals surface area contributed by atoms with E-state index in [-0.39, 0.29) is 0 Å². The van der Waals surface area contributed by atoms with Gasteiger partial charge in [-0.25, -0.2) is 0 Å². The summed E-state index contributed by atoms with van der Waals surface area (Å²) in [6.45, 7) is 0. The summed E-state index contributed by atoms with van der Waals surface area (Å²) < 4.78 is 3.45.